The van der Waals surface area contributed by atoms with Gasteiger partial charge in [0.05, 0.1) is 6.04 Å². The Morgan fingerprint density at radius 3 is 2.46 bits per heavy atom. The van der Waals surface area contributed by atoms with Crippen LogP contribution in [0.25, 0.3) is 0 Å². The first kappa shape index (κ1) is 15.3. The molecule has 0 radical (unpaired) electrons. The first-order valence-corrected chi connectivity index (χ1v) is 8.78. The highest BCUT2D eigenvalue weighted by Crippen LogP contribution is 2.48. The number of ketones is 1. The highest BCUT2D eigenvalue weighted by molar-refractivity contribution is 5.86. The first-order chi connectivity index (χ1) is 11.5. The van der Waals surface area contributed by atoms with Crippen LogP contribution in [0.2, 0.25) is 0 Å². The molecule has 2 aromatic carbocycles. The van der Waals surface area contributed by atoms with E-state index < -0.39 is 0 Å². The summed E-state index contributed by atoms with van der Waals surface area (Å²) in [5.41, 5.74) is 11.7. The molecule has 2 saturated heterocycles. The Morgan fingerprint density at radius 1 is 1.04 bits per heavy atom. The Balaban J connectivity index is 1.84. The van der Waals surface area contributed by atoms with Gasteiger partial charge < -0.3 is 10.6 Å². The summed E-state index contributed by atoms with van der Waals surface area (Å²) in [7, 11) is 0. The molecule has 2 heterocycles. The quantitative estimate of drug-likeness (QED) is 0.844. The molecule has 2 bridgehead atoms. The van der Waals surface area contributed by atoms with Gasteiger partial charge in [0, 0.05) is 29.8 Å². The number of Topliss-reactive ketones (excluding diaryl/α,β-unsaturated/α-hetero) is 1. The van der Waals surface area contributed by atoms with Gasteiger partial charge in [0.2, 0.25) is 0 Å². The second-order valence-electron chi connectivity index (χ2n) is 7.38. The van der Waals surface area contributed by atoms with Crippen LogP contribution in [0.3, 0.4) is 0 Å². The third-order valence-electron chi connectivity index (χ3n) is 5.49. The summed E-state index contributed by atoms with van der Waals surface area (Å²) in [6.45, 7) is 4.28. The summed E-state index contributed by atoms with van der Waals surface area (Å²) >= 11 is 0. The Kier molecular flexibility index (Phi) is 3.60. The van der Waals surface area contributed by atoms with Gasteiger partial charge in [-0.05, 0) is 67.6 Å². The number of carbonyl (C=O) groups excluding carboxylic acids is 1. The molecular formula is C21H24N2O. The zero-order chi connectivity index (χ0) is 16.8. The average molecular weight is 320 g/mol. The molecule has 3 atom stereocenters. The molecule has 124 valence electrons. The van der Waals surface area contributed by atoms with Gasteiger partial charge in [-0.3, -0.25) is 4.79 Å². The number of nitrogen functional groups attached to an aromatic ring is 1. The van der Waals surface area contributed by atoms with Gasteiger partial charge in [-0.25, -0.2) is 0 Å². The molecule has 0 aromatic heterocycles. The predicted molar refractivity (Wildman–Crippen MR) is 98.1 cm³/mol. The van der Waals surface area contributed by atoms with E-state index in [4.69, 9.17) is 5.73 Å². The lowest BCUT2D eigenvalue weighted by atomic mass is 9.71. The third-order valence-corrected chi connectivity index (χ3v) is 5.49. The van der Waals surface area contributed by atoms with Crippen molar-refractivity contribution >= 4 is 17.2 Å². The maximum atomic E-state index is 12.6. The van der Waals surface area contributed by atoms with Gasteiger partial charge in [-0.15, -0.1) is 0 Å². The summed E-state index contributed by atoms with van der Waals surface area (Å²) in [5.74, 6) is 0.497. The number of aryl methyl sites for hydroxylation is 2. The zero-order valence-corrected chi connectivity index (χ0v) is 14.3. The van der Waals surface area contributed by atoms with Gasteiger partial charge in [0.1, 0.15) is 5.78 Å². The second kappa shape index (κ2) is 5.66. The number of fused-ring (bicyclic) bond motifs is 3. The number of rotatable bonds is 2. The fourth-order valence-corrected chi connectivity index (χ4v) is 4.62. The molecule has 24 heavy (non-hydrogen) atoms. The molecule has 0 spiro atoms. The topological polar surface area (TPSA) is 46.3 Å². The van der Waals surface area contributed by atoms with E-state index in [9.17, 15) is 4.79 Å². The fourth-order valence-electron chi connectivity index (χ4n) is 4.62. The highest BCUT2D eigenvalue weighted by Gasteiger charge is 2.47. The van der Waals surface area contributed by atoms with E-state index in [1.54, 1.807) is 0 Å². The summed E-state index contributed by atoms with van der Waals surface area (Å²) in [5, 5.41) is 0. The molecule has 1 aliphatic carbocycles. The van der Waals surface area contributed by atoms with Crippen molar-refractivity contribution in [3.8, 4) is 0 Å². The van der Waals surface area contributed by atoms with Crippen LogP contribution in [0, 0.1) is 19.8 Å². The molecule has 3 nitrogen and oxygen atoms in total. The maximum absolute atomic E-state index is 12.6. The minimum atomic E-state index is 0.0811. The normalized spacial score (nSPS) is 26.0. The van der Waals surface area contributed by atoms with Crippen molar-refractivity contribution in [2.75, 3.05) is 10.6 Å². The smallest absolute Gasteiger partial charge is 0.140 e. The van der Waals surface area contributed by atoms with Crippen LogP contribution in [0.1, 0.15) is 42.0 Å². The van der Waals surface area contributed by atoms with E-state index in [-0.39, 0.29) is 12.0 Å². The SMILES string of the molecule is Cc1cc(C)cc(N2C3CCC(C(=O)C3)C2c2cccc(N)c2)c1. The van der Waals surface area contributed by atoms with Gasteiger partial charge in [-0.2, -0.15) is 0 Å². The fraction of sp³-hybridized carbons (Fsp3) is 0.381. The number of piperidine rings is 2. The molecule has 3 fully saturated rings. The Hall–Kier alpha value is -2.29. The van der Waals surface area contributed by atoms with E-state index in [2.05, 4.69) is 43.0 Å². The van der Waals surface area contributed by atoms with Crippen molar-refractivity contribution in [3.05, 3.63) is 59.2 Å². The minimum absolute atomic E-state index is 0.0811. The number of benzene rings is 2. The number of hydrogen-bond acceptors (Lipinski definition) is 3. The van der Waals surface area contributed by atoms with Crippen molar-refractivity contribution < 1.29 is 4.79 Å². The summed E-state index contributed by atoms with van der Waals surface area (Å²) in [6, 6.07) is 15.2. The Labute approximate surface area is 143 Å². The van der Waals surface area contributed by atoms with Crippen molar-refractivity contribution in [1.82, 2.24) is 0 Å². The molecule has 2 aliphatic heterocycles. The number of carbonyl (C=O) groups is 1. The zero-order valence-electron chi connectivity index (χ0n) is 14.3. The van der Waals surface area contributed by atoms with E-state index in [0.717, 1.165) is 24.1 Å². The first-order valence-electron chi connectivity index (χ1n) is 8.78. The lowest BCUT2D eigenvalue weighted by Gasteiger charge is -2.52. The van der Waals surface area contributed by atoms with Crippen LogP contribution < -0.4 is 10.6 Å². The summed E-state index contributed by atoms with van der Waals surface area (Å²) in [6.07, 6.45) is 2.77. The highest BCUT2D eigenvalue weighted by atomic mass is 16.1. The molecule has 0 amide bonds. The molecule has 2 aromatic rings. The second-order valence-corrected chi connectivity index (χ2v) is 7.38. The van der Waals surface area contributed by atoms with Crippen LogP contribution in [-0.4, -0.2) is 11.8 Å². The van der Waals surface area contributed by atoms with Crippen molar-refractivity contribution in [2.24, 2.45) is 5.92 Å². The van der Waals surface area contributed by atoms with Gasteiger partial charge in [0.15, 0.2) is 0 Å². The standard InChI is InChI=1S/C21H24N2O/c1-13-8-14(2)10-18(9-13)23-17-6-7-19(20(24)12-17)21(23)15-4-3-5-16(22)11-15/h3-5,8-11,17,19,21H,6-7,12,22H2,1-2H3. The van der Waals surface area contributed by atoms with Crippen molar-refractivity contribution in [2.45, 2.75) is 45.2 Å². The van der Waals surface area contributed by atoms with Crippen LogP contribution in [0.15, 0.2) is 42.5 Å². The molecule has 5 rings (SSSR count). The van der Waals surface area contributed by atoms with Crippen LogP contribution in [-0.2, 0) is 4.79 Å². The van der Waals surface area contributed by atoms with Crippen molar-refractivity contribution in [1.29, 1.82) is 0 Å². The average Bonchev–Trinajstić information content (AvgIpc) is 2.53. The number of nitrogens with zero attached hydrogens (tertiary/aromatic N) is 1. The lowest BCUT2D eigenvalue weighted by molar-refractivity contribution is -0.128. The summed E-state index contributed by atoms with van der Waals surface area (Å²) < 4.78 is 0. The van der Waals surface area contributed by atoms with E-state index in [1.165, 1.54) is 16.8 Å². The van der Waals surface area contributed by atoms with Gasteiger partial charge in [-0.1, -0.05) is 18.2 Å². The van der Waals surface area contributed by atoms with Crippen LogP contribution in [0.4, 0.5) is 11.4 Å². The Morgan fingerprint density at radius 2 is 1.79 bits per heavy atom. The third kappa shape index (κ3) is 2.48. The molecule has 3 heteroatoms. The van der Waals surface area contributed by atoms with Gasteiger partial charge in [0.25, 0.3) is 0 Å². The van der Waals surface area contributed by atoms with E-state index in [0.29, 0.717) is 18.2 Å². The predicted octanol–water partition coefficient (Wildman–Crippen LogP) is 4.18. The molecular weight excluding hydrogens is 296 g/mol. The largest absolute Gasteiger partial charge is 0.399 e. The van der Waals surface area contributed by atoms with Crippen LogP contribution >= 0.6 is 0 Å². The lowest BCUT2D eigenvalue weighted by Crippen LogP contribution is -2.54. The van der Waals surface area contributed by atoms with E-state index >= 15 is 0 Å². The molecule has 3 unspecified atom stereocenters. The van der Waals surface area contributed by atoms with Crippen molar-refractivity contribution in [3.63, 3.8) is 0 Å². The molecule has 3 aliphatic rings. The number of anilines is 2. The van der Waals surface area contributed by atoms with E-state index in [1.807, 2.05) is 18.2 Å². The monoisotopic (exact) mass is 320 g/mol. The Bertz CT molecular complexity index is 778. The summed E-state index contributed by atoms with van der Waals surface area (Å²) in [4.78, 5) is 15.1. The molecule has 2 N–H and O–H groups in total. The number of nitrogens with two attached hydrogens (primary N) is 1. The number of hydrogen-bond donors (Lipinski definition) is 1. The minimum Gasteiger partial charge on any atom is -0.399 e. The van der Waals surface area contributed by atoms with Crippen LogP contribution in [0.5, 0.6) is 0 Å². The van der Waals surface area contributed by atoms with Gasteiger partial charge >= 0.3 is 0 Å². The maximum Gasteiger partial charge on any atom is 0.140 e. The molecule has 1 saturated carbocycles.